The highest BCUT2D eigenvalue weighted by atomic mass is 16.5. The number of nitrogens with one attached hydrogen (secondary N) is 1. The first-order valence-corrected chi connectivity index (χ1v) is 12.1. The monoisotopic (exact) mass is 460 g/mol. The molecule has 1 aliphatic heterocycles. The number of aryl methyl sites for hydroxylation is 3. The van der Waals surface area contributed by atoms with Crippen LogP contribution in [-0.2, 0) is 16.8 Å². The van der Waals surface area contributed by atoms with Gasteiger partial charge in [-0.25, -0.2) is 0 Å². The predicted molar refractivity (Wildman–Crippen MR) is 136 cm³/mol. The van der Waals surface area contributed by atoms with Gasteiger partial charge < -0.3 is 9.84 Å². The Morgan fingerprint density at radius 1 is 1.12 bits per heavy atom. The minimum atomic E-state index is -0.0545. The topological polar surface area (TPSA) is 71.3 Å². The summed E-state index contributed by atoms with van der Waals surface area (Å²) in [5.74, 6) is 1.22. The molecule has 0 spiro atoms. The fourth-order valence-corrected chi connectivity index (χ4v) is 4.76. The second kappa shape index (κ2) is 9.71. The van der Waals surface area contributed by atoms with Crippen molar-refractivity contribution < 1.29 is 9.32 Å². The Morgan fingerprint density at radius 3 is 2.44 bits per heavy atom. The van der Waals surface area contributed by atoms with Gasteiger partial charge in [0.25, 0.3) is 0 Å². The number of amides is 1. The molecule has 1 N–H and O–H groups in total. The van der Waals surface area contributed by atoms with E-state index in [1.807, 2.05) is 26.0 Å². The van der Waals surface area contributed by atoms with Crippen molar-refractivity contribution in [2.24, 2.45) is 5.92 Å². The number of nitrogens with zero attached hydrogens (tertiary/aromatic N) is 3. The number of carbonyl (C=O) groups excluding carboxylic acids is 1. The zero-order valence-corrected chi connectivity index (χ0v) is 21.2. The summed E-state index contributed by atoms with van der Waals surface area (Å²) in [7, 11) is 0. The molecule has 1 fully saturated rings. The summed E-state index contributed by atoms with van der Waals surface area (Å²) < 4.78 is 5.55. The lowest BCUT2D eigenvalue weighted by Gasteiger charge is -2.31. The van der Waals surface area contributed by atoms with Crippen LogP contribution in [0.25, 0.3) is 11.4 Å². The summed E-state index contributed by atoms with van der Waals surface area (Å²) in [6, 6.07) is 12.6. The van der Waals surface area contributed by atoms with Crippen LogP contribution in [0.4, 0.5) is 5.69 Å². The minimum Gasteiger partial charge on any atom is -0.338 e. The number of anilines is 1. The molecule has 1 atom stereocenters. The van der Waals surface area contributed by atoms with Gasteiger partial charge in [0, 0.05) is 17.8 Å². The van der Waals surface area contributed by atoms with Gasteiger partial charge in [0.1, 0.15) is 0 Å². The molecule has 0 bridgehead atoms. The van der Waals surface area contributed by atoms with Crippen molar-refractivity contribution in [2.45, 2.75) is 66.3 Å². The number of hydrogen-bond acceptors (Lipinski definition) is 5. The average molecular weight is 461 g/mol. The van der Waals surface area contributed by atoms with E-state index in [0.717, 1.165) is 41.8 Å². The summed E-state index contributed by atoms with van der Waals surface area (Å²) >= 11 is 0. The first-order valence-electron chi connectivity index (χ1n) is 12.1. The van der Waals surface area contributed by atoms with Gasteiger partial charge in [-0.05, 0) is 62.3 Å². The van der Waals surface area contributed by atoms with Crippen molar-refractivity contribution in [1.29, 1.82) is 0 Å². The van der Waals surface area contributed by atoms with Gasteiger partial charge in [0.15, 0.2) is 0 Å². The summed E-state index contributed by atoms with van der Waals surface area (Å²) in [4.78, 5) is 19.9. The van der Waals surface area contributed by atoms with Crippen LogP contribution in [0.5, 0.6) is 0 Å². The first kappa shape index (κ1) is 24.1. The lowest BCUT2D eigenvalue weighted by Crippen LogP contribution is -2.40. The largest absolute Gasteiger partial charge is 0.338 e. The molecule has 1 unspecified atom stereocenters. The molecule has 0 radical (unpaired) electrons. The Labute approximate surface area is 202 Å². The van der Waals surface area contributed by atoms with Crippen molar-refractivity contribution in [2.75, 3.05) is 18.4 Å². The highest BCUT2D eigenvalue weighted by molar-refractivity contribution is 5.94. The molecule has 6 heteroatoms. The van der Waals surface area contributed by atoms with Crippen LogP contribution in [0.15, 0.2) is 40.9 Å². The first-order chi connectivity index (χ1) is 16.1. The van der Waals surface area contributed by atoms with Crippen LogP contribution in [0.3, 0.4) is 0 Å². The molecule has 0 aliphatic carbocycles. The molecule has 4 rings (SSSR count). The number of benzene rings is 2. The lowest BCUT2D eigenvalue weighted by atomic mass is 9.87. The van der Waals surface area contributed by atoms with Crippen molar-refractivity contribution >= 4 is 11.6 Å². The Hall–Kier alpha value is -2.99. The van der Waals surface area contributed by atoms with Gasteiger partial charge in [0.2, 0.25) is 17.6 Å². The SMILES string of the molecule is Cc1cc(C)c(NC(=O)C2CCCN(Cc3nc(-c4ccc(C(C)(C)C)cc4)no3)C2)c(C)c1. The van der Waals surface area contributed by atoms with E-state index in [1.165, 1.54) is 11.1 Å². The minimum absolute atomic E-state index is 0.0545. The molecule has 1 aliphatic rings. The Bertz CT molecular complexity index is 1130. The van der Waals surface area contributed by atoms with Crippen LogP contribution in [0, 0.1) is 26.7 Å². The average Bonchev–Trinajstić information content (AvgIpc) is 3.24. The number of hydrogen-bond donors (Lipinski definition) is 1. The molecule has 1 aromatic heterocycles. The number of likely N-dealkylation sites (tertiary alicyclic amines) is 1. The number of piperidine rings is 1. The molecule has 6 nitrogen and oxygen atoms in total. The highest BCUT2D eigenvalue weighted by Gasteiger charge is 2.27. The number of carbonyl (C=O) groups is 1. The van der Waals surface area contributed by atoms with Crippen molar-refractivity contribution in [1.82, 2.24) is 15.0 Å². The molecule has 2 heterocycles. The summed E-state index contributed by atoms with van der Waals surface area (Å²) in [6.07, 6.45) is 1.86. The maximum absolute atomic E-state index is 13.1. The van der Waals surface area contributed by atoms with E-state index in [9.17, 15) is 4.79 Å². The fraction of sp³-hybridized carbons (Fsp3) is 0.464. The van der Waals surface area contributed by atoms with Crippen LogP contribution in [-0.4, -0.2) is 34.0 Å². The number of aromatic nitrogens is 2. The van der Waals surface area contributed by atoms with E-state index in [2.05, 4.69) is 72.3 Å². The molecule has 1 amide bonds. The predicted octanol–water partition coefficient (Wildman–Crippen LogP) is 5.81. The second-order valence-electron chi connectivity index (χ2n) is 10.7. The van der Waals surface area contributed by atoms with E-state index in [-0.39, 0.29) is 17.2 Å². The standard InChI is InChI=1S/C28H36N4O2/c1-18-14-19(2)25(20(3)15-18)30-27(33)22-8-7-13-32(16-22)17-24-29-26(31-34-24)21-9-11-23(12-10-21)28(4,5)6/h9-12,14-15,22H,7-8,13,16-17H2,1-6H3,(H,30,33). The molecule has 2 aromatic carbocycles. The van der Waals surface area contributed by atoms with Gasteiger partial charge in [-0.15, -0.1) is 0 Å². The third kappa shape index (κ3) is 5.55. The number of rotatable bonds is 5. The van der Waals surface area contributed by atoms with Crippen LogP contribution in [0.1, 0.15) is 61.8 Å². The van der Waals surface area contributed by atoms with Crippen molar-refractivity contribution in [3.05, 3.63) is 64.5 Å². The summed E-state index contributed by atoms with van der Waals surface area (Å²) in [5.41, 5.74) is 6.68. The summed E-state index contributed by atoms with van der Waals surface area (Å²) in [6.45, 7) is 14.9. The highest BCUT2D eigenvalue weighted by Crippen LogP contribution is 2.27. The Kier molecular flexibility index (Phi) is 6.89. The molecule has 0 saturated carbocycles. The van der Waals surface area contributed by atoms with E-state index in [0.29, 0.717) is 24.8 Å². The molecule has 34 heavy (non-hydrogen) atoms. The quantitative estimate of drug-likeness (QED) is 0.520. The Morgan fingerprint density at radius 2 is 1.79 bits per heavy atom. The molecule has 1 saturated heterocycles. The maximum Gasteiger partial charge on any atom is 0.241 e. The fourth-order valence-electron chi connectivity index (χ4n) is 4.76. The van der Waals surface area contributed by atoms with E-state index >= 15 is 0 Å². The van der Waals surface area contributed by atoms with Crippen LogP contribution < -0.4 is 5.32 Å². The van der Waals surface area contributed by atoms with Gasteiger partial charge in [-0.1, -0.05) is 67.9 Å². The van der Waals surface area contributed by atoms with Crippen molar-refractivity contribution in [3.63, 3.8) is 0 Å². The van der Waals surface area contributed by atoms with Gasteiger partial charge in [0.05, 0.1) is 12.5 Å². The Balaban J connectivity index is 1.38. The van der Waals surface area contributed by atoms with Crippen molar-refractivity contribution in [3.8, 4) is 11.4 Å². The second-order valence-corrected chi connectivity index (χ2v) is 10.7. The van der Waals surface area contributed by atoms with Gasteiger partial charge in [-0.3, -0.25) is 9.69 Å². The normalized spacial score (nSPS) is 17.1. The van der Waals surface area contributed by atoms with Crippen LogP contribution in [0.2, 0.25) is 0 Å². The van der Waals surface area contributed by atoms with Crippen LogP contribution >= 0.6 is 0 Å². The third-order valence-corrected chi connectivity index (χ3v) is 6.64. The maximum atomic E-state index is 13.1. The van der Waals surface area contributed by atoms with E-state index in [1.54, 1.807) is 0 Å². The molecular formula is C28H36N4O2. The van der Waals surface area contributed by atoms with E-state index < -0.39 is 0 Å². The summed E-state index contributed by atoms with van der Waals surface area (Å²) in [5, 5.41) is 7.37. The third-order valence-electron chi connectivity index (χ3n) is 6.64. The van der Waals surface area contributed by atoms with E-state index in [4.69, 9.17) is 4.52 Å². The lowest BCUT2D eigenvalue weighted by molar-refractivity contribution is -0.121. The zero-order valence-electron chi connectivity index (χ0n) is 21.2. The molecule has 3 aromatic rings. The molecular weight excluding hydrogens is 424 g/mol. The van der Waals surface area contributed by atoms with Gasteiger partial charge in [-0.2, -0.15) is 4.98 Å². The van der Waals surface area contributed by atoms with Gasteiger partial charge >= 0.3 is 0 Å². The zero-order chi connectivity index (χ0) is 24.5. The smallest absolute Gasteiger partial charge is 0.241 e. The molecule has 180 valence electrons.